The van der Waals surface area contributed by atoms with E-state index in [-0.39, 0.29) is 35.3 Å². The van der Waals surface area contributed by atoms with Gasteiger partial charge in [0.1, 0.15) is 5.82 Å². The average molecular weight is 289 g/mol. The van der Waals surface area contributed by atoms with Crippen LogP contribution in [-0.2, 0) is 6.54 Å². The van der Waals surface area contributed by atoms with Crippen LogP contribution in [0.3, 0.4) is 0 Å². The number of methoxy groups -OCH3 is 1. The van der Waals surface area contributed by atoms with Crippen molar-refractivity contribution >= 4 is 5.91 Å². The SMILES string of the molecule is COc1cccc(C(=O)N(C)Cc2cccc(F)c2)c1O. The van der Waals surface area contributed by atoms with E-state index in [1.54, 1.807) is 31.3 Å². The second-order valence-corrected chi connectivity index (χ2v) is 4.65. The highest BCUT2D eigenvalue weighted by atomic mass is 19.1. The lowest BCUT2D eigenvalue weighted by Gasteiger charge is -2.18. The molecule has 0 aliphatic heterocycles. The van der Waals surface area contributed by atoms with Gasteiger partial charge in [-0.25, -0.2) is 4.39 Å². The fourth-order valence-corrected chi connectivity index (χ4v) is 2.05. The Morgan fingerprint density at radius 3 is 2.67 bits per heavy atom. The van der Waals surface area contributed by atoms with E-state index in [2.05, 4.69) is 0 Å². The lowest BCUT2D eigenvalue weighted by atomic mass is 10.1. The molecule has 1 amide bonds. The first-order chi connectivity index (χ1) is 10.0. The molecule has 0 fully saturated rings. The Balaban J connectivity index is 2.20. The highest BCUT2D eigenvalue weighted by molar-refractivity contribution is 5.97. The molecule has 4 nitrogen and oxygen atoms in total. The number of amides is 1. The van der Waals surface area contributed by atoms with Gasteiger partial charge < -0.3 is 14.7 Å². The highest BCUT2D eigenvalue weighted by Crippen LogP contribution is 2.30. The van der Waals surface area contributed by atoms with Crippen molar-refractivity contribution in [3.63, 3.8) is 0 Å². The zero-order valence-electron chi connectivity index (χ0n) is 11.8. The Kier molecular flexibility index (Phi) is 4.42. The van der Waals surface area contributed by atoms with Crippen LogP contribution in [-0.4, -0.2) is 30.1 Å². The number of carbonyl (C=O) groups excluding carboxylic acids is 1. The molecule has 0 heterocycles. The van der Waals surface area contributed by atoms with Crippen LogP contribution in [0.5, 0.6) is 11.5 Å². The standard InChI is InChI=1S/C16H16FNO3/c1-18(10-11-5-3-6-12(17)9-11)16(20)13-7-4-8-14(21-2)15(13)19/h3-9,19H,10H2,1-2H3. The highest BCUT2D eigenvalue weighted by Gasteiger charge is 2.18. The number of benzene rings is 2. The van der Waals surface area contributed by atoms with Crippen LogP contribution in [0.25, 0.3) is 0 Å². The van der Waals surface area contributed by atoms with Gasteiger partial charge in [0.05, 0.1) is 12.7 Å². The molecule has 0 aromatic heterocycles. The minimum absolute atomic E-state index is 0.147. The van der Waals surface area contributed by atoms with Gasteiger partial charge in [0.15, 0.2) is 11.5 Å². The first kappa shape index (κ1) is 14.8. The van der Waals surface area contributed by atoms with Gasteiger partial charge in [-0.3, -0.25) is 4.79 Å². The third-order valence-electron chi connectivity index (χ3n) is 3.10. The summed E-state index contributed by atoms with van der Waals surface area (Å²) in [5.41, 5.74) is 0.821. The summed E-state index contributed by atoms with van der Waals surface area (Å²) in [4.78, 5) is 13.7. The van der Waals surface area contributed by atoms with Crippen molar-refractivity contribution in [2.75, 3.05) is 14.2 Å². The Morgan fingerprint density at radius 1 is 1.29 bits per heavy atom. The molecule has 5 heteroatoms. The largest absolute Gasteiger partial charge is 0.504 e. The molecule has 0 radical (unpaired) electrons. The van der Waals surface area contributed by atoms with Crippen molar-refractivity contribution in [1.29, 1.82) is 0 Å². The normalized spacial score (nSPS) is 10.2. The van der Waals surface area contributed by atoms with Crippen molar-refractivity contribution in [3.05, 3.63) is 59.4 Å². The van der Waals surface area contributed by atoms with E-state index in [1.165, 1.54) is 30.2 Å². The van der Waals surface area contributed by atoms with Gasteiger partial charge >= 0.3 is 0 Å². The lowest BCUT2D eigenvalue weighted by molar-refractivity contribution is 0.0781. The number of phenolic OH excluding ortho intramolecular Hbond substituents is 1. The summed E-state index contributed by atoms with van der Waals surface area (Å²) < 4.78 is 18.1. The Bertz CT molecular complexity index is 658. The maximum Gasteiger partial charge on any atom is 0.257 e. The van der Waals surface area contributed by atoms with Gasteiger partial charge in [0, 0.05) is 13.6 Å². The van der Waals surface area contributed by atoms with Crippen LogP contribution in [0, 0.1) is 5.82 Å². The molecular weight excluding hydrogens is 273 g/mol. The molecule has 110 valence electrons. The van der Waals surface area contributed by atoms with Gasteiger partial charge in [-0.05, 0) is 29.8 Å². The number of hydrogen-bond acceptors (Lipinski definition) is 3. The Labute approximate surface area is 122 Å². The van der Waals surface area contributed by atoms with Gasteiger partial charge in [-0.2, -0.15) is 0 Å². The van der Waals surface area contributed by atoms with Crippen LogP contribution >= 0.6 is 0 Å². The summed E-state index contributed by atoms with van der Waals surface area (Å²) in [5.74, 6) is -0.677. The second kappa shape index (κ2) is 6.26. The minimum Gasteiger partial charge on any atom is -0.504 e. The van der Waals surface area contributed by atoms with Crippen LogP contribution in [0.2, 0.25) is 0 Å². The number of aromatic hydroxyl groups is 1. The van der Waals surface area contributed by atoms with Gasteiger partial charge in [0.25, 0.3) is 5.91 Å². The maximum atomic E-state index is 13.1. The number of phenols is 1. The van der Waals surface area contributed by atoms with Gasteiger partial charge in [-0.1, -0.05) is 18.2 Å². The molecule has 1 N–H and O–H groups in total. The number of rotatable bonds is 4. The smallest absolute Gasteiger partial charge is 0.257 e. The monoisotopic (exact) mass is 289 g/mol. The zero-order chi connectivity index (χ0) is 15.4. The lowest BCUT2D eigenvalue weighted by Crippen LogP contribution is -2.26. The molecule has 0 bridgehead atoms. The first-order valence-electron chi connectivity index (χ1n) is 6.39. The van der Waals surface area contributed by atoms with Crippen molar-refractivity contribution in [3.8, 4) is 11.5 Å². The summed E-state index contributed by atoms with van der Waals surface area (Å²) in [7, 11) is 3.01. The number of nitrogens with zero attached hydrogens (tertiary/aromatic N) is 1. The van der Waals surface area contributed by atoms with Crippen molar-refractivity contribution in [2.45, 2.75) is 6.54 Å². The number of carbonyl (C=O) groups is 1. The summed E-state index contributed by atoms with van der Waals surface area (Å²) in [6.07, 6.45) is 0. The number of halogens is 1. The molecule has 21 heavy (non-hydrogen) atoms. The predicted molar refractivity (Wildman–Crippen MR) is 76.9 cm³/mol. The summed E-state index contributed by atoms with van der Waals surface area (Å²) in [5, 5.41) is 9.99. The predicted octanol–water partition coefficient (Wildman–Crippen LogP) is 2.81. The Hall–Kier alpha value is -2.56. The third-order valence-corrected chi connectivity index (χ3v) is 3.10. The molecule has 0 aliphatic rings. The van der Waals surface area contributed by atoms with Gasteiger partial charge in [0.2, 0.25) is 0 Å². The van der Waals surface area contributed by atoms with Crippen LogP contribution in [0.4, 0.5) is 4.39 Å². The molecule has 0 aliphatic carbocycles. The van der Waals surface area contributed by atoms with E-state index < -0.39 is 0 Å². The fraction of sp³-hybridized carbons (Fsp3) is 0.188. The quantitative estimate of drug-likeness (QED) is 0.941. The molecule has 2 aromatic rings. The molecule has 0 saturated carbocycles. The molecule has 2 aromatic carbocycles. The summed E-state index contributed by atoms with van der Waals surface area (Å²) >= 11 is 0. The van der Waals surface area contributed by atoms with Crippen molar-refractivity contribution < 1.29 is 19.0 Å². The summed E-state index contributed by atoms with van der Waals surface area (Å²) in [6, 6.07) is 10.8. The van der Waals surface area contributed by atoms with Gasteiger partial charge in [-0.15, -0.1) is 0 Å². The van der Waals surface area contributed by atoms with E-state index in [1.807, 2.05) is 0 Å². The summed E-state index contributed by atoms with van der Waals surface area (Å²) in [6.45, 7) is 0.243. The number of ether oxygens (including phenoxy) is 1. The second-order valence-electron chi connectivity index (χ2n) is 4.65. The van der Waals surface area contributed by atoms with E-state index in [9.17, 15) is 14.3 Å². The molecule has 2 rings (SSSR count). The third kappa shape index (κ3) is 3.31. The van der Waals surface area contributed by atoms with E-state index in [0.29, 0.717) is 5.56 Å². The van der Waals surface area contributed by atoms with Crippen molar-refractivity contribution in [1.82, 2.24) is 4.90 Å². The maximum absolute atomic E-state index is 13.1. The zero-order valence-corrected chi connectivity index (χ0v) is 11.8. The van der Waals surface area contributed by atoms with E-state index in [4.69, 9.17) is 4.74 Å². The number of hydrogen-bond donors (Lipinski definition) is 1. The van der Waals surface area contributed by atoms with Crippen LogP contribution in [0.15, 0.2) is 42.5 Å². The van der Waals surface area contributed by atoms with Crippen LogP contribution in [0.1, 0.15) is 15.9 Å². The van der Waals surface area contributed by atoms with Crippen LogP contribution < -0.4 is 4.74 Å². The number of para-hydroxylation sites is 1. The fourth-order valence-electron chi connectivity index (χ4n) is 2.05. The molecule has 0 unspecified atom stereocenters. The molecule has 0 atom stereocenters. The minimum atomic E-state index is -0.365. The topological polar surface area (TPSA) is 49.8 Å². The molecular formula is C16H16FNO3. The average Bonchev–Trinajstić information content (AvgIpc) is 2.47. The Morgan fingerprint density at radius 2 is 2.00 bits per heavy atom. The molecule has 0 spiro atoms. The van der Waals surface area contributed by atoms with E-state index >= 15 is 0 Å². The van der Waals surface area contributed by atoms with Crippen molar-refractivity contribution in [2.24, 2.45) is 0 Å². The molecule has 0 saturated heterocycles. The first-order valence-corrected chi connectivity index (χ1v) is 6.39. The van der Waals surface area contributed by atoms with E-state index in [0.717, 1.165) is 0 Å².